The standard InChI is InChI=1S/C38H40ClF2N3O5S/c1-48-35-20-26(10-17-34(35)23-6-11-27(39)12-7-23)38(40,41)36(37(45)44-29-13-14-30(44)22-28(42)21-29)43-50(46,47)33-16-9-24-18-32(15-8-25(24)19-33)49-31-4-2-3-5-31/h6-12,15-20,28-31,36,43H,2-5,13-14,21-22,42H2,1H3/t28?,29?,30?,36-/m1/s1. The van der Waals surface area contributed by atoms with Crippen LogP contribution in [0, 0.1) is 0 Å². The summed E-state index contributed by atoms with van der Waals surface area (Å²) in [4.78, 5) is 15.5. The van der Waals surface area contributed by atoms with Crippen LogP contribution in [0.15, 0.2) is 83.8 Å². The number of amides is 1. The van der Waals surface area contributed by atoms with Crippen molar-refractivity contribution in [2.75, 3.05) is 7.11 Å². The van der Waals surface area contributed by atoms with E-state index < -0.39 is 33.5 Å². The zero-order chi connectivity index (χ0) is 35.2. The molecule has 3 aliphatic rings. The van der Waals surface area contributed by atoms with Crippen molar-refractivity contribution in [3.8, 4) is 22.6 Å². The summed E-state index contributed by atoms with van der Waals surface area (Å²) in [6.45, 7) is 0. The van der Waals surface area contributed by atoms with Gasteiger partial charge >= 0.3 is 0 Å². The Morgan fingerprint density at radius 2 is 1.58 bits per heavy atom. The minimum atomic E-state index is -4.63. The third kappa shape index (κ3) is 6.80. The van der Waals surface area contributed by atoms with E-state index in [9.17, 15) is 13.2 Å². The van der Waals surface area contributed by atoms with Crippen molar-refractivity contribution in [3.05, 3.63) is 89.4 Å². The van der Waals surface area contributed by atoms with Gasteiger partial charge in [-0.15, -0.1) is 0 Å². The number of rotatable bonds is 10. The number of hydrogen-bond donors (Lipinski definition) is 2. The van der Waals surface area contributed by atoms with E-state index in [1.807, 2.05) is 6.07 Å². The van der Waals surface area contributed by atoms with Gasteiger partial charge in [0.25, 0.3) is 5.92 Å². The quantitative estimate of drug-likeness (QED) is 0.176. The Bertz CT molecular complexity index is 1990. The molecular weight excluding hydrogens is 684 g/mol. The number of alkyl halides is 2. The second kappa shape index (κ2) is 13.7. The zero-order valence-electron chi connectivity index (χ0n) is 27.7. The van der Waals surface area contributed by atoms with E-state index in [0.29, 0.717) is 53.0 Å². The smallest absolute Gasteiger partial charge is 0.298 e. The van der Waals surface area contributed by atoms with E-state index >= 15 is 8.78 Å². The molecule has 3 N–H and O–H groups in total. The molecule has 0 radical (unpaired) electrons. The van der Waals surface area contributed by atoms with Gasteiger partial charge in [-0.25, -0.2) is 8.42 Å². The molecule has 1 saturated carbocycles. The Morgan fingerprint density at radius 3 is 2.26 bits per heavy atom. The Hall–Kier alpha value is -3.77. The summed E-state index contributed by atoms with van der Waals surface area (Å²) in [6, 6.07) is 17.1. The van der Waals surface area contributed by atoms with Crippen LogP contribution in [0.25, 0.3) is 21.9 Å². The highest BCUT2D eigenvalue weighted by Crippen LogP contribution is 2.42. The molecule has 2 bridgehead atoms. The second-order valence-electron chi connectivity index (χ2n) is 13.7. The maximum Gasteiger partial charge on any atom is 0.298 e. The van der Waals surface area contributed by atoms with Gasteiger partial charge in [-0.05, 0) is 110 Å². The van der Waals surface area contributed by atoms with Crippen LogP contribution in [-0.4, -0.2) is 56.6 Å². The molecule has 50 heavy (non-hydrogen) atoms. The number of carbonyl (C=O) groups is 1. The minimum absolute atomic E-state index is 0.133. The largest absolute Gasteiger partial charge is 0.496 e. The molecule has 12 heteroatoms. The fourth-order valence-corrected chi connectivity index (χ4v) is 9.16. The molecule has 2 heterocycles. The molecule has 3 atom stereocenters. The first-order valence-corrected chi connectivity index (χ1v) is 18.9. The highest BCUT2D eigenvalue weighted by atomic mass is 35.5. The van der Waals surface area contributed by atoms with E-state index in [1.54, 1.807) is 42.5 Å². The summed E-state index contributed by atoms with van der Waals surface area (Å²) < 4.78 is 75.5. The summed E-state index contributed by atoms with van der Waals surface area (Å²) in [6.07, 6.45) is 6.58. The third-order valence-electron chi connectivity index (χ3n) is 10.3. The van der Waals surface area contributed by atoms with Gasteiger partial charge in [0, 0.05) is 34.3 Å². The molecular formula is C38H40ClF2N3O5S. The predicted molar refractivity (Wildman–Crippen MR) is 189 cm³/mol. The van der Waals surface area contributed by atoms with Crippen molar-refractivity contribution in [2.45, 2.75) is 92.5 Å². The zero-order valence-corrected chi connectivity index (χ0v) is 29.2. The predicted octanol–water partition coefficient (Wildman–Crippen LogP) is 7.41. The van der Waals surface area contributed by atoms with Crippen LogP contribution in [0.3, 0.4) is 0 Å². The van der Waals surface area contributed by atoms with E-state index in [2.05, 4.69) is 4.72 Å². The number of sulfonamides is 1. The Morgan fingerprint density at radius 1 is 0.920 bits per heavy atom. The van der Waals surface area contributed by atoms with Gasteiger partial charge in [-0.3, -0.25) is 4.79 Å². The lowest BCUT2D eigenvalue weighted by Gasteiger charge is -2.41. The number of nitrogens with zero attached hydrogens (tertiary/aromatic N) is 1. The summed E-state index contributed by atoms with van der Waals surface area (Å²) in [5.41, 5.74) is 6.87. The average Bonchev–Trinajstić information content (AvgIpc) is 3.71. The molecule has 264 valence electrons. The number of methoxy groups -OCH3 is 1. The van der Waals surface area contributed by atoms with Crippen molar-refractivity contribution in [2.24, 2.45) is 5.73 Å². The molecule has 4 aromatic carbocycles. The number of fused-ring (bicyclic) bond motifs is 3. The maximum absolute atomic E-state index is 16.9. The summed E-state index contributed by atoms with van der Waals surface area (Å²) >= 11 is 6.05. The SMILES string of the molecule is COc1cc(C(F)(F)[C@H](NS(=O)(=O)c2ccc3cc(OC4CCCC4)ccc3c2)C(=O)N2C3CCC2CC(N)C3)ccc1-c1ccc(Cl)cc1. The number of hydrogen-bond acceptors (Lipinski definition) is 6. The van der Waals surface area contributed by atoms with E-state index in [-0.39, 0.29) is 34.9 Å². The molecule has 0 aromatic heterocycles. The Labute approximate surface area is 295 Å². The molecule has 2 unspecified atom stereocenters. The van der Waals surface area contributed by atoms with Crippen LogP contribution in [0.2, 0.25) is 5.02 Å². The van der Waals surface area contributed by atoms with E-state index in [0.717, 1.165) is 37.1 Å². The molecule has 2 aliphatic heterocycles. The number of halogens is 3. The highest BCUT2D eigenvalue weighted by molar-refractivity contribution is 7.89. The van der Waals surface area contributed by atoms with Gasteiger partial charge < -0.3 is 20.1 Å². The van der Waals surface area contributed by atoms with Gasteiger partial charge in [0.1, 0.15) is 11.5 Å². The monoisotopic (exact) mass is 723 g/mol. The summed E-state index contributed by atoms with van der Waals surface area (Å²) in [7, 11) is -3.27. The summed E-state index contributed by atoms with van der Waals surface area (Å²) in [5, 5.41) is 1.85. The van der Waals surface area contributed by atoms with Crippen molar-refractivity contribution in [1.29, 1.82) is 0 Å². The molecule has 2 saturated heterocycles. The van der Waals surface area contributed by atoms with E-state index in [4.69, 9.17) is 26.8 Å². The van der Waals surface area contributed by atoms with Gasteiger partial charge in [0.05, 0.1) is 18.1 Å². The van der Waals surface area contributed by atoms with Crippen molar-refractivity contribution in [1.82, 2.24) is 9.62 Å². The Balaban J connectivity index is 1.23. The fourth-order valence-electron chi connectivity index (χ4n) is 7.80. The number of benzene rings is 4. The first-order valence-electron chi connectivity index (χ1n) is 17.1. The van der Waals surface area contributed by atoms with Crippen molar-refractivity contribution >= 4 is 38.3 Å². The second-order valence-corrected chi connectivity index (χ2v) is 15.8. The minimum Gasteiger partial charge on any atom is -0.496 e. The number of ether oxygens (including phenoxy) is 2. The lowest BCUT2D eigenvalue weighted by atomic mass is 9.93. The van der Waals surface area contributed by atoms with Crippen molar-refractivity contribution < 1.29 is 31.5 Å². The molecule has 1 amide bonds. The third-order valence-corrected chi connectivity index (χ3v) is 12.0. The van der Waals surface area contributed by atoms with Crippen LogP contribution in [0.4, 0.5) is 8.78 Å². The van der Waals surface area contributed by atoms with Crippen LogP contribution in [0.5, 0.6) is 11.5 Å². The lowest BCUT2D eigenvalue weighted by Crippen LogP contribution is -2.60. The van der Waals surface area contributed by atoms with Gasteiger partial charge in [0.2, 0.25) is 15.9 Å². The number of nitrogens with two attached hydrogens (primary N) is 1. The first-order chi connectivity index (χ1) is 23.9. The molecule has 7 rings (SSSR count). The summed E-state index contributed by atoms with van der Waals surface area (Å²) in [5.74, 6) is -4.13. The number of nitrogens with one attached hydrogen (secondary N) is 1. The van der Waals surface area contributed by atoms with Gasteiger partial charge in [-0.2, -0.15) is 13.5 Å². The molecule has 0 spiro atoms. The molecule has 1 aliphatic carbocycles. The topological polar surface area (TPSA) is 111 Å². The number of carbonyl (C=O) groups excluding carboxylic acids is 1. The van der Waals surface area contributed by atoms with E-state index in [1.165, 1.54) is 36.3 Å². The van der Waals surface area contributed by atoms with Crippen molar-refractivity contribution in [3.63, 3.8) is 0 Å². The first kappa shape index (κ1) is 34.7. The van der Waals surface area contributed by atoms with Crippen LogP contribution in [0.1, 0.15) is 56.9 Å². The lowest BCUT2D eigenvalue weighted by molar-refractivity contribution is -0.149. The van der Waals surface area contributed by atoms with Crippen LogP contribution in [-0.2, 0) is 20.7 Å². The fraction of sp³-hybridized carbons (Fsp3) is 0.395. The number of piperidine rings is 1. The molecule has 4 aromatic rings. The van der Waals surface area contributed by atoms with Crippen LogP contribution >= 0.6 is 11.6 Å². The van der Waals surface area contributed by atoms with Gasteiger partial charge in [-0.1, -0.05) is 48.0 Å². The molecule has 8 nitrogen and oxygen atoms in total. The maximum atomic E-state index is 16.9. The Kier molecular flexibility index (Phi) is 9.53. The normalized spacial score (nSPS) is 21.8. The van der Waals surface area contributed by atoms with Gasteiger partial charge in [0.15, 0.2) is 6.04 Å². The highest BCUT2D eigenvalue weighted by Gasteiger charge is 2.54. The average molecular weight is 724 g/mol. The van der Waals surface area contributed by atoms with Crippen LogP contribution < -0.4 is 19.9 Å². The molecule has 3 fully saturated rings.